The lowest BCUT2D eigenvalue weighted by Gasteiger charge is -2.19. The highest BCUT2D eigenvalue weighted by molar-refractivity contribution is 7.89. The van der Waals surface area contributed by atoms with Crippen LogP contribution in [0.1, 0.15) is 23.2 Å². The molecule has 0 N–H and O–H groups in total. The Kier molecular flexibility index (Phi) is 5.13. The molecule has 1 aliphatic heterocycles. The van der Waals surface area contributed by atoms with E-state index in [2.05, 4.69) is 0 Å². The topological polar surface area (TPSA) is 57.7 Å². The second-order valence-electron chi connectivity index (χ2n) is 5.96. The predicted octanol–water partition coefficient (Wildman–Crippen LogP) is 3.40. The molecule has 0 aliphatic carbocycles. The molecule has 1 fully saturated rings. The van der Waals surface area contributed by atoms with Crippen molar-refractivity contribution in [1.29, 1.82) is 0 Å². The fourth-order valence-corrected chi connectivity index (χ4v) is 4.88. The molecule has 0 atom stereocenters. The van der Waals surface area contributed by atoms with E-state index in [4.69, 9.17) is 11.6 Å². The summed E-state index contributed by atoms with van der Waals surface area (Å²) in [5, 5.41) is 0.130. The van der Waals surface area contributed by atoms with Gasteiger partial charge in [-0.25, -0.2) is 8.42 Å². The minimum absolute atomic E-state index is 0.0108. The first-order valence-corrected chi connectivity index (χ1v) is 9.86. The number of halogens is 1. The van der Waals surface area contributed by atoms with Crippen molar-refractivity contribution in [3.05, 3.63) is 59.1 Å². The minimum Gasteiger partial charge on any atom is -0.311 e. The standard InChI is InChI=1S/C18H19ClN2O3S/c1-20(15-7-3-2-4-8-15)18(22)14-9-10-16(19)17(13-14)25(23,24)21-11-5-6-12-21/h2-4,7-10,13H,5-6,11-12H2,1H3. The highest BCUT2D eigenvalue weighted by atomic mass is 35.5. The number of hydrogen-bond acceptors (Lipinski definition) is 3. The number of nitrogens with zero attached hydrogens (tertiary/aromatic N) is 2. The molecule has 0 aromatic heterocycles. The summed E-state index contributed by atoms with van der Waals surface area (Å²) in [4.78, 5) is 14.2. The van der Waals surface area contributed by atoms with Crippen molar-refractivity contribution in [2.75, 3.05) is 25.0 Å². The van der Waals surface area contributed by atoms with Crippen LogP contribution in [0, 0.1) is 0 Å². The van der Waals surface area contributed by atoms with Gasteiger partial charge in [0, 0.05) is 31.4 Å². The van der Waals surface area contributed by atoms with Crippen LogP contribution in [0.15, 0.2) is 53.4 Å². The van der Waals surface area contributed by atoms with Crippen LogP contribution in [0.4, 0.5) is 5.69 Å². The zero-order valence-electron chi connectivity index (χ0n) is 13.9. The largest absolute Gasteiger partial charge is 0.311 e. The first kappa shape index (κ1) is 17.9. The van der Waals surface area contributed by atoms with E-state index in [1.165, 1.54) is 21.3 Å². The van der Waals surface area contributed by atoms with E-state index in [0.717, 1.165) is 18.5 Å². The quantitative estimate of drug-likeness (QED) is 0.819. The van der Waals surface area contributed by atoms with Crippen LogP contribution in [0.3, 0.4) is 0 Å². The number of sulfonamides is 1. The number of amides is 1. The molecule has 0 spiro atoms. The molecule has 25 heavy (non-hydrogen) atoms. The van der Waals surface area contributed by atoms with Crippen LogP contribution in [0.25, 0.3) is 0 Å². The van der Waals surface area contributed by atoms with E-state index >= 15 is 0 Å². The van der Waals surface area contributed by atoms with Crippen molar-refractivity contribution >= 4 is 33.2 Å². The lowest BCUT2D eigenvalue weighted by atomic mass is 10.2. The van der Waals surface area contributed by atoms with E-state index in [1.807, 2.05) is 30.3 Å². The van der Waals surface area contributed by atoms with Crippen molar-refractivity contribution in [2.24, 2.45) is 0 Å². The molecule has 1 heterocycles. The smallest absolute Gasteiger partial charge is 0.258 e. The van der Waals surface area contributed by atoms with Gasteiger partial charge in [0.05, 0.1) is 5.02 Å². The average molecular weight is 379 g/mol. The maximum Gasteiger partial charge on any atom is 0.258 e. The van der Waals surface area contributed by atoms with Crippen molar-refractivity contribution in [3.63, 3.8) is 0 Å². The van der Waals surface area contributed by atoms with Gasteiger partial charge in [-0.05, 0) is 43.2 Å². The molecule has 2 aromatic rings. The second-order valence-corrected chi connectivity index (χ2v) is 8.27. The van der Waals surface area contributed by atoms with Gasteiger partial charge in [-0.1, -0.05) is 29.8 Å². The van der Waals surface area contributed by atoms with Gasteiger partial charge in [-0.2, -0.15) is 4.31 Å². The summed E-state index contributed by atoms with van der Waals surface area (Å²) < 4.78 is 27.0. The summed E-state index contributed by atoms with van der Waals surface area (Å²) in [7, 11) is -2.03. The number of rotatable bonds is 4. The minimum atomic E-state index is -3.69. The molecule has 0 radical (unpaired) electrons. The van der Waals surface area contributed by atoms with Crippen molar-refractivity contribution in [2.45, 2.75) is 17.7 Å². The molecule has 1 aliphatic rings. The third kappa shape index (κ3) is 3.56. The van der Waals surface area contributed by atoms with E-state index in [9.17, 15) is 13.2 Å². The van der Waals surface area contributed by atoms with Gasteiger partial charge in [0.25, 0.3) is 5.91 Å². The molecule has 2 aromatic carbocycles. The Morgan fingerprint density at radius 2 is 1.72 bits per heavy atom. The van der Waals surface area contributed by atoms with Gasteiger partial charge in [-0.3, -0.25) is 4.79 Å². The molecule has 0 unspecified atom stereocenters. The molecule has 3 rings (SSSR count). The third-order valence-corrected chi connectivity index (χ3v) is 6.69. The Morgan fingerprint density at radius 3 is 2.36 bits per heavy atom. The van der Waals surface area contributed by atoms with Gasteiger partial charge in [0.15, 0.2) is 0 Å². The van der Waals surface area contributed by atoms with Gasteiger partial charge in [0.1, 0.15) is 4.90 Å². The van der Waals surface area contributed by atoms with E-state index in [-0.39, 0.29) is 21.4 Å². The van der Waals surface area contributed by atoms with E-state index in [1.54, 1.807) is 13.1 Å². The highest BCUT2D eigenvalue weighted by Crippen LogP contribution is 2.29. The monoisotopic (exact) mass is 378 g/mol. The summed E-state index contributed by atoms with van der Waals surface area (Å²) in [6.45, 7) is 0.974. The Bertz CT molecular complexity index is 878. The Morgan fingerprint density at radius 1 is 1.08 bits per heavy atom. The lowest BCUT2D eigenvalue weighted by Crippen LogP contribution is -2.29. The van der Waals surface area contributed by atoms with Crippen LogP contribution in [-0.4, -0.2) is 38.8 Å². The van der Waals surface area contributed by atoms with Gasteiger partial charge >= 0.3 is 0 Å². The average Bonchev–Trinajstić information content (AvgIpc) is 3.17. The number of carbonyl (C=O) groups excluding carboxylic acids is 1. The molecular formula is C18H19ClN2O3S. The van der Waals surface area contributed by atoms with Crippen LogP contribution in [-0.2, 0) is 10.0 Å². The Hall–Kier alpha value is -1.89. The Balaban J connectivity index is 1.95. The lowest BCUT2D eigenvalue weighted by molar-refractivity contribution is 0.0993. The second kappa shape index (κ2) is 7.15. The SMILES string of the molecule is CN(C(=O)c1ccc(Cl)c(S(=O)(=O)N2CCCC2)c1)c1ccccc1. The zero-order chi connectivity index (χ0) is 18.0. The maximum absolute atomic E-state index is 12.8. The van der Waals surface area contributed by atoms with Gasteiger partial charge in [-0.15, -0.1) is 0 Å². The molecule has 5 nitrogen and oxygen atoms in total. The van der Waals surface area contributed by atoms with Crippen molar-refractivity contribution in [1.82, 2.24) is 4.31 Å². The number of para-hydroxylation sites is 1. The number of anilines is 1. The van der Waals surface area contributed by atoms with Gasteiger partial charge < -0.3 is 4.90 Å². The summed E-state index contributed by atoms with van der Waals surface area (Å²) in [6, 6.07) is 13.6. The summed E-state index contributed by atoms with van der Waals surface area (Å²) in [5.74, 6) is -0.291. The molecule has 1 amide bonds. The third-order valence-electron chi connectivity index (χ3n) is 4.31. The summed E-state index contributed by atoms with van der Waals surface area (Å²) >= 11 is 6.13. The fourth-order valence-electron chi connectivity index (χ4n) is 2.86. The predicted molar refractivity (Wildman–Crippen MR) is 98.6 cm³/mol. The summed E-state index contributed by atoms with van der Waals surface area (Å²) in [5.41, 5.74) is 1.01. The molecule has 7 heteroatoms. The molecule has 0 bridgehead atoms. The Labute approximate surface area is 152 Å². The first-order chi connectivity index (χ1) is 11.9. The van der Waals surface area contributed by atoms with Crippen LogP contribution in [0.2, 0.25) is 5.02 Å². The number of hydrogen-bond donors (Lipinski definition) is 0. The highest BCUT2D eigenvalue weighted by Gasteiger charge is 2.30. The molecule has 1 saturated heterocycles. The fraction of sp³-hybridized carbons (Fsp3) is 0.278. The summed E-state index contributed by atoms with van der Waals surface area (Å²) in [6.07, 6.45) is 1.68. The van der Waals surface area contributed by atoms with Crippen molar-refractivity contribution < 1.29 is 13.2 Å². The maximum atomic E-state index is 12.8. The number of benzene rings is 2. The number of carbonyl (C=O) groups is 1. The van der Waals surface area contributed by atoms with Crippen LogP contribution >= 0.6 is 11.6 Å². The molecule has 0 saturated carbocycles. The van der Waals surface area contributed by atoms with Gasteiger partial charge in [0.2, 0.25) is 10.0 Å². The van der Waals surface area contributed by atoms with E-state index < -0.39 is 10.0 Å². The molecule has 132 valence electrons. The normalized spacial score (nSPS) is 15.3. The van der Waals surface area contributed by atoms with E-state index in [0.29, 0.717) is 13.1 Å². The van der Waals surface area contributed by atoms with Crippen molar-refractivity contribution in [3.8, 4) is 0 Å². The molecular weight excluding hydrogens is 360 g/mol. The zero-order valence-corrected chi connectivity index (χ0v) is 15.4. The van der Waals surface area contributed by atoms with Crippen LogP contribution in [0.5, 0.6) is 0 Å². The first-order valence-electron chi connectivity index (χ1n) is 8.04. The van der Waals surface area contributed by atoms with Crippen LogP contribution < -0.4 is 4.90 Å².